The van der Waals surface area contributed by atoms with Gasteiger partial charge >= 0.3 is 0 Å². The lowest BCUT2D eigenvalue weighted by atomic mass is 10.1. The normalized spacial score (nSPS) is 12.8. The van der Waals surface area contributed by atoms with Gasteiger partial charge in [-0.05, 0) is 19.4 Å². The van der Waals surface area contributed by atoms with Crippen LogP contribution in [0.5, 0.6) is 0 Å². The number of hydrogen-bond acceptors (Lipinski definition) is 3. The highest BCUT2D eigenvalue weighted by atomic mass is 16.5. The van der Waals surface area contributed by atoms with Crippen molar-refractivity contribution in [3.8, 4) is 11.1 Å². The Labute approximate surface area is 113 Å². The summed E-state index contributed by atoms with van der Waals surface area (Å²) in [6.45, 7) is 4.68. The molecule has 0 saturated heterocycles. The van der Waals surface area contributed by atoms with Gasteiger partial charge in [0.2, 0.25) is 0 Å². The molecule has 1 N–H and O–H groups in total. The summed E-state index contributed by atoms with van der Waals surface area (Å²) in [4.78, 5) is 0. The first kappa shape index (κ1) is 13.8. The molecule has 0 saturated carbocycles. The van der Waals surface area contributed by atoms with Gasteiger partial charge < -0.3 is 9.84 Å². The van der Waals surface area contributed by atoms with Gasteiger partial charge in [-0.2, -0.15) is 5.10 Å². The number of aromatic nitrogens is 2. The molecule has 1 unspecified atom stereocenters. The lowest BCUT2D eigenvalue weighted by Crippen LogP contribution is -2.23. The lowest BCUT2D eigenvalue weighted by molar-refractivity contribution is -0.00201. The zero-order valence-corrected chi connectivity index (χ0v) is 11.4. The van der Waals surface area contributed by atoms with E-state index in [0.29, 0.717) is 13.2 Å². The fraction of sp³-hybridized carbons (Fsp3) is 0.400. The van der Waals surface area contributed by atoms with Crippen LogP contribution in [0, 0.1) is 0 Å². The lowest BCUT2D eigenvalue weighted by Gasteiger charge is -2.13. The summed E-state index contributed by atoms with van der Waals surface area (Å²) in [6.07, 6.45) is 3.34. The Kier molecular flexibility index (Phi) is 4.71. The molecular weight excluding hydrogens is 240 g/mol. The van der Waals surface area contributed by atoms with Gasteiger partial charge in [0.15, 0.2) is 0 Å². The van der Waals surface area contributed by atoms with Gasteiger partial charge in [-0.3, -0.25) is 4.68 Å². The molecule has 0 bridgehead atoms. The number of hydrogen-bond donors (Lipinski definition) is 1. The van der Waals surface area contributed by atoms with Crippen LogP contribution in [-0.4, -0.2) is 33.7 Å². The highest BCUT2D eigenvalue weighted by molar-refractivity contribution is 5.61. The van der Waals surface area contributed by atoms with Crippen LogP contribution in [0.25, 0.3) is 11.1 Å². The molecule has 1 aromatic carbocycles. The van der Waals surface area contributed by atoms with Gasteiger partial charge in [-0.1, -0.05) is 30.3 Å². The van der Waals surface area contributed by atoms with Crippen LogP contribution in [0.1, 0.15) is 13.8 Å². The third-order valence-corrected chi connectivity index (χ3v) is 2.76. The molecule has 2 aromatic rings. The number of rotatable bonds is 6. The molecule has 0 radical (unpaired) electrons. The Morgan fingerprint density at radius 1 is 1.21 bits per heavy atom. The average Bonchev–Trinajstić information content (AvgIpc) is 2.86. The van der Waals surface area contributed by atoms with Crippen LogP contribution in [-0.2, 0) is 11.3 Å². The van der Waals surface area contributed by atoms with Crippen molar-refractivity contribution >= 4 is 0 Å². The smallest absolute Gasteiger partial charge is 0.0969 e. The predicted molar refractivity (Wildman–Crippen MR) is 74.8 cm³/mol. The van der Waals surface area contributed by atoms with Crippen molar-refractivity contribution in [3.05, 3.63) is 42.7 Å². The molecule has 0 aliphatic carbocycles. The zero-order chi connectivity index (χ0) is 13.7. The van der Waals surface area contributed by atoms with E-state index < -0.39 is 6.10 Å². The quantitative estimate of drug-likeness (QED) is 0.867. The SMILES string of the molecule is CC(C)OCC(O)Cn1cc(-c2ccccc2)cn1. The van der Waals surface area contributed by atoms with E-state index >= 15 is 0 Å². The maximum Gasteiger partial charge on any atom is 0.0969 e. The van der Waals surface area contributed by atoms with Crippen molar-refractivity contribution in [3.63, 3.8) is 0 Å². The van der Waals surface area contributed by atoms with Crippen LogP contribution in [0.2, 0.25) is 0 Å². The second-order valence-electron chi connectivity index (χ2n) is 4.85. The van der Waals surface area contributed by atoms with E-state index in [2.05, 4.69) is 5.10 Å². The molecule has 4 nitrogen and oxygen atoms in total. The van der Waals surface area contributed by atoms with Crippen LogP contribution < -0.4 is 0 Å². The fourth-order valence-electron chi connectivity index (χ4n) is 1.82. The largest absolute Gasteiger partial charge is 0.389 e. The summed E-state index contributed by atoms with van der Waals surface area (Å²) in [7, 11) is 0. The molecular formula is C15H20N2O2. The standard InChI is InChI=1S/C15H20N2O2/c1-12(2)19-11-15(18)10-17-9-14(8-16-17)13-6-4-3-5-7-13/h3-9,12,15,18H,10-11H2,1-2H3. The molecule has 19 heavy (non-hydrogen) atoms. The molecule has 0 aliphatic heterocycles. The molecule has 0 spiro atoms. The van der Waals surface area contributed by atoms with E-state index in [1.54, 1.807) is 4.68 Å². The summed E-state index contributed by atoms with van der Waals surface area (Å²) in [6, 6.07) is 10.1. The Bertz CT molecular complexity index is 494. The first-order chi connectivity index (χ1) is 9.15. The Balaban J connectivity index is 1.94. The Morgan fingerprint density at radius 3 is 2.63 bits per heavy atom. The summed E-state index contributed by atoms with van der Waals surface area (Å²) in [5, 5.41) is 14.1. The Morgan fingerprint density at radius 2 is 1.95 bits per heavy atom. The molecule has 0 fully saturated rings. The topological polar surface area (TPSA) is 47.3 Å². The van der Waals surface area contributed by atoms with Crippen molar-refractivity contribution in [2.75, 3.05) is 6.61 Å². The number of nitrogens with zero attached hydrogens (tertiary/aromatic N) is 2. The third kappa shape index (κ3) is 4.19. The molecule has 0 amide bonds. The molecule has 0 aliphatic rings. The average molecular weight is 260 g/mol. The van der Waals surface area contributed by atoms with Crippen LogP contribution in [0.4, 0.5) is 0 Å². The molecule has 102 valence electrons. The van der Waals surface area contributed by atoms with Gasteiger partial charge in [0.05, 0.1) is 31.6 Å². The van der Waals surface area contributed by atoms with E-state index in [0.717, 1.165) is 11.1 Å². The Hall–Kier alpha value is -1.65. The summed E-state index contributed by atoms with van der Waals surface area (Å²) in [5.41, 5.74) is 2.18. The van der Waals surface area contributed by atoms with Crippen molar-refractivity contribution in [2.45, 2.75) is 32.6 Å². The highest BCUT2D eigenvalue weighted by Crippen LogP contribution is 2.17. The summed E-state index contributed by atoms with van der Waals surface area (Å²) >= 11 is 0. The monoisotopic (exact) mass is 260 g/mol. The van der Waals surface area contributed by atoms with Gasteiger partial charge in [-0.15, -0.1) is 0 Å². The van der Waals surface area contributed by atoms with E-state index in [4.69, 9.17) is 4.74 Å². The summed E-state index contributed by atoms with van der Waals surface area (Å²) < 4.78 is 7.12. The highest BCUT2D eigenvalue weighted by Gasteiger charge is 2.08. The first-order valence-corrected chi connectivity index (χ1v) is 6.52. The molecule has 1 atom stereocenters. The minimum absolute atomic E-state index is 0.132. The van der Waals surface area contributed by atoms with Crippen LogP contribution in [0.3, 0.4) is 0 Å². The van der Waals surface area contributed by atoms with E-state index in [1.165, 1.54) is 0 Å². The first-order valence-electron chi connectivity index (χ1n) is 6.52. The number of aliphatic hydroxyl groups excluding tert-OH is 1. The van der Waals surface area contributed by atoms with E-state index in [9.17, 15) is 5.11 Å². The van der Waals surface area contributed by atoms with E-state index in [-0.39, 0.29) is 6.10 Å². The van der Waals surface area contributed by atoms with Gasteiger partial charge in [0.1, 0.15) is 0 Å². The van der Waals surface area contributed by atoms with Crippen molar-refractivity contribution in [1.82, 2.24) is 9.78 Å². The van der Waals surface area contributed by atoms with Gasteiger partial charge in [0.25, 0.3) is 0 Å². The maximum atomic E-state index is 9.85. The fourth-order valence-corrected chi connectivity index (χ4v) is 1.82. The van der Waals surface area contributed by atoms with Crippen molar-refractivity contribution in [1.29, 1.82) is 0 Å². The molecule has 1 aromatic heterocycles. The molecule has 2 rings (SSSR count). The van der Waals surface area contributed by atoms with Crippen molar-refractivity contribution in [2.24, 2.45) is 0 Å². The number of ether oxygens (including phenoxy) is 1. The van der Waals surface area contributed by atoms with Crippen LogP contribution >= 0.6 is 0 Å². The van der Waals surface area contributed by atoms with Gasteiger partial charge in [0, 0.05) is 11.8 Å². The van der Waals surface area contributed by atoms with Crippen molar-refractivity contribution < 1.29 is 9.84 Å². The minimum atomic E-state index is -0.536. The number of aliphatic hydroxyl groups is 1. The van der Waals surface area contributed by atoms with E-state index in [1.807, 2.05) is 56.6 Å². The second kappa shape index (κ2) is 6.50. The third-order valence-electron chi connectivity index (χ3n) is 2.76. The maximum absolute atomic E-state index is 9.85. The second-order valence-corrected chi connectivity index (χ2v) is 4.85. The predicted octanol–water partition coefficient (Wildman–Crippen LogP) is 2.34. The molecule has 4 heteroatoms. The summed E-state index contributed by atoms with van der Waals surface area (Å²) in [5.74, 6) is 0. The minimum Gasteiger partial charge on any atom is -0.389 e. The van der Waals surface area contributed by atoms with Gasteiger partial charge in [-0.25, -0.2) is 0 Å². The van der Waals surface area contributed by atoms with Crippen LogP contribution in [0.15, 0.2) is 42.7 Å². The molecule has 1 heterocycles. The zero-order valence-electron chi connectivity index (χ0n) is 11.4. The number of benzene rings is 1.